The standard InChI is InChI=1S/C10H7Br2NO2S2/c11-7-1-3-8(4-2-7)13-17(14,15)10-6-5-9(12)16-10/h1-6,13H. The van der Waals surface area contributed by atoms with Crippen LogP contribution in [0.2, 0.25) is 0 Å². The van der Waals surface area contributed by atoms with Crippen molar-refractivity contribution in [3.05, 3.63) is 44.7 Å². The van der Waals surface area contributed by atoms with Crippen molar-refractivity contribution in [2.75, 3.05) is 4.72 Å². The maximum atomic E-state index is 12.0. The Kier molecular flexibility index (Phi) is 3.92. The first-order valence-electron chi connectivity index (χ1n) is 4.51. The maximum absolute atomic E-state index is 12.0. The van der Waals surface area contributed by atoms with Gasteiger partial charge >= 0.3 is 0 Å². The number of sulfonamides is 1. The summed E-state index contributed by atoms with van der Waals surface area (Å²) in [4.78, 5) is 0. The highest BCUT2D eigenvalue weighted by molar-refractivity contribution is 9.11. The minimum atomic E-state index is -3.48. The summed E-state index contributed by atoms with van der Waals surface area (Å²) in [5.41, 5.74) is 0.540. The summed E-state index contributed by atoms with van der Waals surface area (Å²) in [7, 11) is -3.48. The fourth-order valence-electron chi connectivity index (χ4n) is 1.17. The predicted octanol–water partition coefficient (Wildman–Crippen LogP) is 4.07. The number of thiophene rings is 1. The fourth-order valence-corrected chi connectivity index (χ4v) is 4.50. The van der Waals surface area contributed by atoms with Crippen molar-refractivity contribution < 1.29 is 8.42 Å². The van der Waals surface area contributed by atoms with E-state index in [0.29, 0.717) is 5.69 Å². The third kappa shape index (κ3) is 3.31. The minimum Gasteiger partial charge on any atom is -0.279 e. The Labute approximate surface area is 120 Å². The zero-order chi connectivity index (χ0) is 12.5. The molecule has 0 saturated carbocycles. The molecule has 3 nitrogen and oxygen atoms in total. The Morgan fingerprint density at radius 2 is 1.65 bits per heavy atom. The summed E-state index contributed by atoms with van der Waals surface area (Å²) in [6.07, 6.45) is 0. The van der Waals surface area contributed by atoms with Crippen LogP contribution in [0, 0.1) is 0 Å². The van der Waals surface area contributed by atoms with Gasteiger partial charge in [0.1, 0.15) is 4.21 Å². The molecule has 0 saturated heterocycles. The van der Waals surface area contributed by atoms with Crippen LogP contribution in [0.1, 0.15) is 0 Å². The molecule has 1 heterocycles. The van der Waals surface area contributed by atoms with Gasteiger partial charge in [-0.1, -0.05) is 15.9 Å². The van der Waals surface area contributed by atoms with E-state index in [9.17, 15) is 8.42 Å². The van der Waals surface area contributed by atoms with Gasteiger partial charge in [-0.25, -0.2) is 8.42 Å². The van der Waals surface area contributed by atoms with E-state index in [2.05, 4.69) is 36.6 Å². The number of nitrogens with one attached hydrogen (secondary N) is 1. The van der Waals surface area contributed by atoms with Gasteiger partial charge in [0.05, 0.1) is 3.79 Å². The highest BCUT2D eigenvalue weighted by Crippen LogP contribution is 2.27. The molecular formula is C10H7Br2NO2S2. The van der Waals surface area contributed by atoms with E-state index in [-0.39, 0.29) is 4.21 Å². The van der Waals surface area contributed by atoms with Crippen molar-refractivity contribution >= 4 is 58.9 Å². The molecule has 0 spiro atoms. The monoisotopic (exact) mass is 395 g/mol. The van der Waals surface area contributed by atoms with Crippen LogP contribution in [0.25, 0.3) is 0 Å². The molecule has 1 aromatic heterocycles. The molecule has 0 aliphatic carbocycles. The van der Waals surface area contributed by atoms with Gasteiger partial charge in [0.25, 0.3) is 10.0 Å². The molecular weight excluding hydrogens is 390 g/mol. The topological polar surface area (TPSA) is 46.2 Å². The normalized spacial score (nSPS) is 11.4. The van der Waals surface area contributed by atoms with Crippen LogP contribution in [-0.2, 0) is 10.0 Å². The van der Waals surface area contributed by atoms with E-state index in [1.165, 1.54) is 11.3 Å². The summed E-state index contributed by atoms with van der Waals surface area (Å²) >= 11 is 7.71. The minimum absolute atomic E-state index is 0.285. The molecule has 0 atom stereocenters. The SMILES string of the molecule is O=S(=O)(Nc1ccc(Br)cc1)c1ccc(Br)s1. The lowest BCUT2D eigenvalue weighted by molar-refractivity contribution is 0.603. The van der Waals surface area contributed by atoms with E-state index in [0.717, 1.165) is 8.26 Å². The molecule has 0 radical (unpaired) electrons. The van der Waals surface area contributed by atoms with Crippen molar-refractivity contribution in [2.45, 2.75) is 4.21 Å². The first-order valence-corrected chi connectivity index (χ1v) is 8.40. The zero-order valence-electron chi connectivity index (χ0n) is 8.35. The molecule has 0 unspecified atom stereocenters. The molecule has 17 heavy (non-hydrogen) atoms. The van der Waals surface area contributed by atoms with E-state index in [1.807, 2.05) is 0 Å². The molecule has 0 amide bonds. The van der Waals surface area contributed by atoms with Gasteiger partial charge in [0.15, 0.2) is 0 Å². The quantitative estimate of drug-likeness (QED) is 0.849. The van der Waals surface area contributed by atoms with Crippen LogP contribution in [0.4, 0.5) is 5.69 Å². The third-order valence-corrected chi connectivity index (χ3v) is 5.94. The Hall–Kier alpha value is -0.370. The van der Waals surface area contributed by atoms with Crippen molar-refractivity contribution in [2.24, 2.45) is 0 Å². The molecule has 90 valence electrons. The van der Waals surface area contributed by atoms with Crippen LogP contribution in [-0.4, -0.2) is 8.42 Å². The second kappa shape index (κ2) is 5.09. The second-order valence-corrected chi connectivity index (χ2v) is 8.46. The Morgan fingerprint density at radius 1 is 1.00 bits per heavy atom. The highest BCUT2D eigenvalue weighted by atomic mass is 79.9. The van der Waals surface area contributed by atoms with Gasteiger partial charge in [-0.3, -0.25) is 4.72 Å². The summed E-state index contributed by atoms with van der Waals surface area (Å²) in [5.74, 6) is 0. The summed E-state index contributed by atoms with van der Waals surface area (Å²) in [6.45, 7) is 0. The molecule has 0 bridgehead atoms. The van der Waals surface area contributed by atoms with Gasteiger partial charge in [-0.05, 0) is 52.3 Å². The van der Waals surface area contributed by atoms with Gasteiger partial charge < -0.3 is 0 Å². The van der Waals surface area contributed by atoms with Crippen molar-refractivity contribution in [1.29, 1.82) is 0 Å². The van der Waals surface area contributed by atoms with Gasteiger partial charge in [0, 0.05) is 10.2 Å². The number of rotatable bonds is 3. The zero-order valence-corrected chi connectivity index (χ0v) is 13.2. The van der Waals surface area contributed by atoms with E-state index in [4.69, 9.17) is 0 Å². The Balaban J connectivity index is 2.26. The first-order chi connectivity index (χ1) is 7.97. The molecule has 1 aromatic carbocycles. The van der Waals surface area contributed by atoms with Crippen LogP contribution < -0.4 is 4.72 Å². The van der Waals surface area contributed by atoms with Crippen LogP contribution in [0.15, 0.2) is 48.9 Å². The van der Waals surface area contributed by atoms with E-state index in [1.54, 1.807) is 36.4 Å². The molecule has 0 aliphatic heterocycles. The van der Waals surface area contributed by atoms with Crippen molar-refractivity contribution in [3.63, 3.8) is 0 Å². The fraction of sp³-hybridized carbons (Fsp3) is 0. The smallest absolute Gasteiger partial charge is 0.271 e. The average Bonchev–Trinajstić information content (AvgIpc) is 2.69. The lowest BCUT2D eigenvalue weighted by Gasteiger charge is -2.05. The number of benzene rings is 1. The van der Waals surface area contributed by atoms with Crippen LogP contribution >= 0.6 is 43.2 Å². The van der Waals surface area contributed by atoms with E-state index < -0.39 is 10.0 Å². The Bertz CT molecular complexity index is 620. The number of anilines is 1. The largest absolute Gasteiger partial charge is 0.279 e. The highest BCUT2D eigenvalue weighted by Gasteiger charge is 2.16. The van der Waals surface area contributed by atoms with E-state index >= 15 is 0 Å². The predicted molar refractivity (Wildman–Crippen MR) is 77.0 cm³/mol. The maximum Gasteiger partial charge on any atom is 0.271 e. The third-order valence-electron chi connectivity index (χ3n) is 1.91. The average molecular weight is 397 g/mol. The lowest BCUT2D eigenvalue weighted by Crippen LogP contribution is -2.11. The summed E-state index contributed by atoms with van der Waals surface area (Å²) in [6, 6.07) is 10.2. The molecule has 7 heteroatoms. The lowest BCUT2D eigenvalue weighted by atomic mass is 10.3. The Morgan fingerprint density at radius 3 is 2.18 bits per heavy atom. The molecule has 1 N–H and O–H groups in total. The molecule has 0 fully saturated rings. The number of hydrogen-bond donors (Lipinski definition) is 1. The molecule has 2 aromatic rings. The molecule has 0 aliphatic rings. The van der Waals surface area contributed by atoms with Crippen LogP contribution in [0.5, 0.6) is 0 Å². The van der Waals surface area contributed by atoms with Gasteiger partial charge in [-0.15, -0.1) is 11.3 Å². The van der Waals surface area contributed by atoms with Crippen molar-refractivity contribution in [1.82, 2.24) is 0 Å². The van der Waals surface area contributed by atoms with Crippen LogP contribution in [0.3, 0.4) is 0 Å². The van der Waals surface area contributed by atoms with Gasteiger partial charge in [-0.2, -0.15) is 0 Å². The van der Waals surface area contributed by atoms with Gasteiger partial charge in [0.2, 0.25) is 0 Å². The summed E-state index contributed by atoms with van der Waals surface area (Å²) < 4.78 is 28.4. The second-order valence-electron chi connectivity index (χ2n) is 3.17. The number of hydrogen-bond acceptors (Lipinski definition) is 3. The molecule has 2 rings (SSSR count). The number of halogens is 2. The summed E-state index contributed by atoms with van der Waals surface area (Å²) in [5, 5.41) is 0. The van der Waals surface area contributed by atoms with Crippen molar-refractivity contribution in [3.8, 4) is 0 Å². The first kappa shape index (κ1) is 13.1.